The van der Waals surface area contributed by atoms with Gasteiger partial charge in [-0.2, -0.15) is 0 Å². The van der Waals surface area contributed by atoms with Gasteiger partial charge in [-0.05, 0) is 55.3 Å². The average molecular weight is 472 g/mol. The molecule has 0 saturated carbocycles. The van der Waals surface area contributed by atoms with Crippen LogP contribution >= 0.6 is 0 Å². The Hall–Kier alpha value is -3.30. The highest BCUT2D eigenvalue weighted by atomic mass is 32.2. The molecule has 0 saturated heterocycles. The number of pyridine rings is 1. The van der Waals surface area contributed by atoms with Gasteiger partial charge in [0.1, 0.15) is 5.82 Å². The van der Waals surface area contributed by atoms with Crippen molar-refractivity contribution in [3.63, 3.8) is 0 Å². The molecule has 9 heteroatoms. The summed E-state index contributed by atoms with van der Waals surface area (Å²) in [5.74, 6) is -0.392. The summed E-state index contributed by atoms with van der Waals surface area (Å²) in [6.45, 7) is 4.04. The Morgan fingerprint density at radius 2 is 1.91 bits per heavy atom. The largest absolute Gasteiger partial charge is 0.481 e. The molecule has 0 aliphatic rings. The molecule has 1 aromatic heterocycles. The molecule has 174 valence electrons. The topological polar surface area (TPSA) is 88.6 Å². The highest BCUT2D eigenvalue weighted by Gasteiger charge is 2.20. The predicted octanol–water partition coefficient (Wildman–Crippen LogP) is 3.65. The first-order valence-corrected chi connectivity index (χ1v) is 11.9. The minimum atomic E-state index is -3.83. The summed E-state index contributed by atoms with van der Waals surface area (Å²) in [6.07, 6.45) is 1.63. The molecule has 0 aliphatic heterocycles. The summed E-state index contributed by atoms with van der Waals surface area (Å²) >= 11 is 0. The van der Waals surface area contributed by atoms with Crippen molar-refractivity contribution in [2.75, 3.05) is 26.7 Å². The second-order valence-electron chi connectivity index (χ2n) is 7.31. The number of likely N-dealkylation sites (N-methyl/N-ethyl adjacent to an activating group) is 1. The molecule has 0 atom stereocenters. The standard InChI is InChI=1S/C24H26FN3O4S/c1-4-28(24(29)18-7-5-8-20(25)15-18)14-13-27-33(30,31)22-10-6-9-21(17(22)2)19-11-12-23(32-3)26-16-19/h5-12,15-16,27H,4,13-14H2,1-3H3. The van der Waals surface area contributed by atoms with Crippen LogP contribution in [0.1, 0.15) is 22.8 Å². The fraction of sp³-hybridized carbons (Fsp3) is 0.250. The predicted molar refractivity (Wildman–Crippen MR) is 124 cm³/mol. The maximum Gasteiger partial charge on any atom is 0.253 e. The van der Waals surface area contributed by atoms with Gasteiger partial charge in [-0.15, -0.1) is 0 Å². The summed E-state index contributed by atoms with van der Waals surface area (Å²) in [5.41, 5.74) is 2.31. The number of rotatable bonds is 9. The van der Waals surface area contributed by atoms with E-state index >= 15 is 0 Å². The quantitative estimate of drug-likeness (QED) is 0.515. The van der Waals surface area contributed by atoms with Crippen molar-refractivity contribution in [1.82, 2.24) is 14.6 Å². The molecule has 3 rings (SSSR count). The highest BCUT2D eigenvalue weighted by Crippen LogP contribution is 2.28. The van der Waals surface area contributed by atoms with Gasteiger partial charge >= 0.3 is 0 Å². The highest BCUT2D eigenvalue weighted by molar-refractivity contribution is 7.89. The van der Waals surface area contributed by atoms with Gasteiger partial charge in [-0.25, -0.2) is 22.5 Å². The van der Waals surface area contributed by atoms with Gasteiger partial charge in [-0.1, -0.05) is 18.2 Å². The van der Waals surface area contributed by atoms with Crippen molar-refractivity contribution < 1.29 is 22.3 Å². The Labute approximate surface area is 193 Å². The molecule has 0 aliphatic carbocycles. The number of sulfonamides is 1. The van der Waals surface area contributed by atoms with Crippen LogP contribution in [0.3, 0.4) is 0 Å². The Kier molecular flexibility index (Phi) is 7.78. The minimum Gasteiger partial charge on any atom is -0.481 e. The normalized spacial score (nSPS) is 11.3. The second kappa shape index (κ2) is 10.5. The SMILES string of the molecule is CCN(CCNS(=O)(=O)c1cccc(-c2ccc(OC)nc2)c1C)C(=O)c1cccc(F)c1. The van der Waals surface area contributed by atoms with Crippen molar-refractivity contribution >= 4 is 15.9 Å². The Morgan fingerprint density at radius 3 is 2.55 bits per heavy atom. The molecule has 0 spiro atoms. The molecule has 0 radical (unpaired) electrons. The summed E-state index contributed by atoms with van der Waals surface area (Å²) < 4.78 is 47.1. The van der Waals surface area contributed by atoms with Gasteiger partial charge < -0.3 is 9.64 Å². The molecule has 0 unspecified atom stereocenters. The fourth-order valence-electron chi connectivity index (χ4n) is 3.48. The van der Waals surface area contributed by atoms with Gasteiger partial charge in [0.05, 0.1) is 12.0 Å². The Morgan fingerprint density at radius 1 is 1.15 bits per heavy atom. The molecule has 7 nitrogen and oxygen atoms in total. The van der Waals surface area contributed by atoms with Crippen molar-refractivity contribution in [3.8, 4) is 17.0 Å². The van der Waals surface area contributed by atoms with Gasteiger partial charge in [0.25, 0.3) is 5.91 Å². The van der Waals surface area contributed by atoms with E-state index in [0.29, 0.717) is 18.0 Å². The summed E-state index contributed by atoms with van der Waals surface area (Å²) in [7, 11) is -2.30. The zero-order chi connectivity index (χ0) is 24.0. The number of carbonyl (C=O) groups excluding carboxylic acids is 1. The monoisotopic (exact) mass is 471 g/mol. The molecule has 1 N–H and O–H groups in total. The second-order valence-corrected chi connectivity index (χ2v) is 9.05. The molecular weight excluding hydrogens is 445 g/mol. The van der Waals surface area contributed by atoms with Crippen LogP contribution in [0, 0.1) is 12.7 Å². The third kappa shape index (κ3) is 5.74. The van der Waals surface area contributed by atoms with Gasteiger partial charge in [0.15, 0.2) is 0 Å². The molecule has 2 aromatic carbocycles. The minimum absolute atomic E-state index is 0.0188. The maximum absolute atomic E-state index is 13.4. The number of nitrogens with one attached hydrogen (secondary N) is 1. The number of methoxy groups -OCH3 is 1. The van der Waals surface area contributed by atoms with Crippen LogP contribution in [-0.4, -0.2) is 51.0 Å². The van der Waals surface area contributed by atoms with Crippen LogP contribution in [0.2, 0.25) is 0 Å². The van der Waals surface area contributed by atoms with Crippen molar-refractivity contribution in [2.45, 2.75) is 18.7 Å². The molecule has 33 heavy (non-hydrogen) atoms. The van der Waals surface area contributed by atoms with Crippen LogP contribution in [0.15, 0.2) is 65.7 Å². The van der Waals surface area contributed by atoms with Gasteiger partial charge in [0.2, 0.25) is 15.9 Å². The van der Waals surface area contributed by atoms with Crippen molar-refractivity contribution in [2.24, 2.45) is 0 Å². The number of aromatic nitrogens is 1. The van der Waals surface area contributed by atoms with Crippen LogP contribution in [-0.2, 0) is 10.0 Å². The van der Waals surface area contributed by atoms with E-state index in [1.54, 1.807) is 32.2 Å². The molecule has 3 aromatic rings. The summed E-state index contributed by atoms with van der Waals surface area (Å²) in [5, 5.41) is 0. The van der Waals surface area contributed by atoms with E-state index in [0.717, 1.165) is 17.2 Å². The number of carbonyl (C=O) groups is 1. The van der Waals surface area contributed by atoms with Crippen LogP contribution < -0.4 is 9.46 Å². The molecule has 1 amide bonds. The number of amides is 1. The first kappa shape index (κ1) is 24.3. The fourth-order valence-corrected chi connectivity index (χ4v) is 4.77. The first-order chi connectivity index (χ1) is 15.8. The number of hydrogen-bond acceptors (Lipinski definition) is 5. The maximum atomic E-state index is 13.4. The lowest BCUT2D eigenvalue weighted by Crippen LogP contribution is -2.38. The third-order valence-corrected chi connectivity index (χ3v) is 6.85. The number of halogens is 1. The van der Waals surface area contributed by atoms with E-state index in [2.05, 4.69) is 9.71 Å². The first-order valence-electron chi connectivity index (χ1n) is 10.4. The molecular formula is C24H26FN3O4S. The zero-order valence-electron chi connectivity index (χ0n) is 18.7. The zero-order valence-corrected chi connectivity index (χ0v) is 19.5. The number of nitrogens with zero attached hydrogens (tertiary/aromatic N) is 2. The average Bonchev–Trinajstić information content (AvgIpc) is 2.81. The van der Waals surface area contributed by atoms with Gasteiger partial charge in [-0.3, -0.25) is 4.79 Å². The Balaban J connectivity index is 1.73. The van der Waals surface area contributed by atoms with E-state index in [-0.39, 0.29) is 29.5 Å². The lowest BCUT2D eigenvalue weighted by Gasteiger charge is -2.21. The van der Waals surface area contributed by atoms with Crippen LogP contribution in [0.5, 0.6) is 5.88 Å². The Bertz CT molecular complexity index is 1230. The third-order valence-electron chi connectivity index (χ3n) is 5.24. The lowest BCUT2D eigenvalue weighted by molar-refractivity contribution is 0.0767. The molecule has 0 fully saturated rings. The van der Waals surface area contributed by atoms with E-state index in [1.807, 2.05) is 12.1 Å². The smallest absolute Gasteiger partial charge is 0.253 e. The van der Waals surface area contributed by atoms with Crippen LogP contribution in [0.4, 0.5) is 4.39 Å². The van der Waals surface area contributed by atoms with E-state index in [4.69, 9.17) is 4.74 Å². The summed E-state index contributed by atoms with van der Waals surface area (Å²) in [6, 6.07) is 14.0. The number of hydrogen-bond donors (Lipinski definition) is 1. The molecule has 0 bridgehead atoms. The van der Waals surface area contributed by atoms with E-state index in [9.17, 15) is 17.6 Å². The lowest BCUT2D eigenvalue weighted by atomic mass is 10.0. The van der Waals surface area contributed by atoms with Gasteiger partial charge in [0, 0.05) is 43.0 Å². The number of ether oxygens (including phenoxy) is 1. The van der Waals surface area contributed by atoms with E-state index < -0.39 is 15.8 Å². The summed E-state index contributed by atoms with van der Waals surface area (Å²) in [4.78, 5) is 18.4. The van der Waals surface area contributed by atoms with Crippen molar-refractivity contribution in [3.05, 3.63) is 77.7 Å². The van der Waals surface area contributed by atoms with Crippen LogP contribution in [0.25, 0.3) is 11.1 Å². The van der Waals surface area contributed by atoms with Crippen molar-refractivity contribution in [1.29, 1.82) is 0 Å². The molecule has 1 heterocycles. The van der Waals surface area contributed by atoms with E-state index in [1.165, 1.54) is 36.3 Å². The number of benzene rings is 2.